The number of fused-ring (bicyclic) bond motifs is 1. The number of benzene rings is 2. The zero-order chi connectivity index (χ0) is 18.7. The van der Waals surface area contributed by atoms with Crippen molar-refractivity contribution < 1.29 is 14.3 Å². The number of aryl methyl sites for hydroxylation is 1. The van der Waals surface area contributed by atoms with Gasteiger partial charge in [-0.3, -0.25) is 9.69 Å². The summed E-state index contributed by atoms with van der Waals surface area (Å²) in [5.41, 5.74) is 4.27. The second-order valence-corrected chi connectivity index (χ2v) is 7.10. The monoisotopic (exact) mass is 354 g/mol. The Hall–Kier alpha value is -2.53. The first-order valence-electron chi connectivity index (χ1n) is 8.90. The van der Waals surface area contributed by atoms with Crippen LogP contribution in [0.25, 0.3) is 0 Å². The maximum atomic E-state index is 12.5. The third kappa shape index (κ3) is 4.17. The van der Waals surface area contributed by atoms with Gasteiger partial charge in [-0.2, -0.15) is 0 Å². The molecule has 1 aliphatic heterocycles. The highest BCUT2D eigenvalue weighted by atomic mass is 16.7. The Bertz CT molecular complexity index is 802. The highest BCUT2D eigenvalue weighted by Gasteiger charge is 2.16. The van der Waals surface area contributed by atoms with Crippen LogP contribution in [0.5, 0.6) is 11.5 Å². The standard InChI is InChI=1S/C21H26N2O3/c1-14(2)17-7-5-6-15(3)21(17)22-20(24)12-23(4)11-16-8-9-18-19(10-16)26-13-25-18/h5-10,14H,11-13H2,1-4H3,(H,22,24). The van der Waals surface area contributed by atoms with Crippen LogP contribution in [0.4, 0.5) is 5.69 Å². The molecule has 0 bridgehead atoms. The SMILES string of the molecule is Cc1cccc(C(C)C)c1NC(=O)CN(C)Cc1ccc2c(c1)OCO2. The average Bonchev–Trinajstić information content (AvgIpc) is 3.04. The first-order chi connectivity index (χ1) is 12.4. The van der Waals surface area contributed by atoms with Crippen LogP contribution in [-0.2, 0) is 11.3 Å². The minimum Gasteiger partial charge on any atom is -0.454 e. The fraction of sp³-hybridized carbons (Fsp3) is 0.381. The van der Waals surface area contributed by atoms with Crippen LogP contribution in [0.2, 0.25) is 0 Å². The number of ether oxygens (including phenoxy) is 2. The van der Waals surface area contributed by atoms with E-state index in [9.17, 15) is 4.79 Å². The van der Waals surface area contributed by atoms with Crippen molar-refractivity contribution >= 4 is 11.6 Å². The lowest BCUT2D eigenvalue weighted by atomic mass is 9.98. The molecule has 1 amide bonds. The lowest BCUT2D eigenvalue weighted by Gasteiger charge is -2.20. The number of likely N-dealkylation sites (N-methyl/N-ethyl adjacent to an activating group) is 1. The second kappa shape index (κ2) is 7.79. The molecule has 2 aromatic carbocycles. The van der Waals surface area contributed by atoms with Crippen LogP contribution >= 0.6 is 0 Å². The zero-order valence-corrected chi connectivity index (χ0v) is 15.8. The Morgan fingerprint density at radius 1 is 1.19 bits per heavy atom. The van der Waals surface area contributed by atoms with Crippen molar-refractivity contribution in [2.24, 2.45) is 0 Å². The Labute approximate surface area is 154 Å². The first kappa shape index (κ1) is 18.3. The molecule has 0 radical (unpaired) electrons. The van der Waals surface area contributed by atoms with Crippen LogP contribution in [0, 0.1) is 6.92 Å². The fourth-order valence-electron chi connectivity index (χ4n) is 3.17. The number of carbonyl (C=O) groups is 1. The molecule has 0 unspecified atom stereocenters. The number of para-hydroxylation sites is 1. The van der Waals surface area contributed by atoms with Gasteiger partial charge in [-0.1, -0.05) is 38.1 Å². The van der Waals surface area contributed by atoms with E-state index in [2.05, 4.69) is 25.2 Å². The predicted octanol–water partition coefficient (Wildman–Crippen LogP) is 3.92. The molecule has 0 spiro atoms. The van der Waals surface area contributed by atoms with Crippen LogP contribution in [0.15, 0.2) is 36.4 Å². The minimum atomic E-state index is -0.00977. The summed E-state index contributed by atoms with van der Waals surface area (Å²) < 4.78 is 10.7. The summed E-state index contributed by atoms with van der Waals surface area (Å²) >= 11 is 0. The summed E-state index contributed by atoms with van der Waals surface area (Å²) in [6, 6.07) is 12.0. The van der Waals surface area contributed by atoms with Gasteiger partial charge in [-0.25, -0.2) is 0 Å². The summed E-state index contributed by atoms with van der Waals surface area (Å²) in [6.07, 6.45) is 0. The number of hydrogen-bond donors (Lipinski definition) is 1. The number of carbonyl (C=O) groups excluding carboxylic acids is 1. The number of nitrogens with zero attached hydrogens (tertiary/aromatic N) is 1. The van der Waals surface area contributed by atoms with Crippen LogP contribution in [-0.4, -0.2) is 31.2 Å². The maximum absolute atomic E-state index is 12.5. The first-order valence-corrected chi connectivity index (χ1v) is 8.90. The Morgan fingerprint density at radius 2 is 1.96 bits per heavy atom. The Balaban J connectivity index is 1.62. The molecule has 0 atom stereocenters. The van der Waals surface area contributed by atoms with Crippen LogP contribution in [0.3, 0.4) is 0 Å². The van der Waals surface area contributed by atoms with Crippen LogP contribution < -0.4 is 14.8 Å². The van der Waals surface area contributed by atoms with Crippen LogP contribution in [0.1, 0.15) is 36.5 Å². The van der Waals surface area contributed by atoms with Gasteiger partial charge >= 0.3 is 0 Å². The Morgan fingerprint density at radius 3 is 2.73 bits per heavy atom. The topological polar surface area (TPSA) is 50.8 Å². The van der Waals surface area contributed by atoms with Gasteiger partial charge in [0.2, 0.25) is 12.7 Å². The summed E-state index contributed by atoms with van der Waals surface area (Å²) in [5, 5.41) is 3.09. The Kier molecular flexibility index (Phi) is 5.47. The van der Waals surface area contributed by atoms with Crippen molar-refractivity contribution in [3.63, 3.8) is 0 Å². The molecule has 2 aromatic rings. The number of nitrogens with one attached hydrogen (secondary N) is 1. The van der Waals surface area contributed by atoms with Gasteiger partial charge in [0, 0.05) is 12.2 Å². The zero-order valence-electron chi connectivity index (χ0n) is 15.8. The highest BCUT2D eigenvalue weighted by Crippen LogP contribution is 2.32. The highest BCUT2D eigenvalue weighted by molar-refractivity contribution is 5.93. The van der Waals surface area contributed by atoms with E-state index in [4.69, 9.17) is 9.47 Å². The molecule has 1 aliphatic rings. The van der Waals surface area contributed by atoms with E-state index < -0.39 is 0 Å². The van der Waals surface area contributed by atoms with Gasteiger partial charge in [-0.05, 0) is 48.7 Å². The molecule has 1 N–H and O–H groups in total. The third-order valence-electron chi connectivity index (χ3n) is 4.49. The van der Waals surface area contributed by atoms with E-state index in [1.165, 1.54) is 0 Å². The van der Waals surface area contributed by atoms with Crippen molar-refractivity contribution in [3.8, 4) is 11.5 Å². The van der Waals surface area contributed by atoms with E-state index in [0.29, 0.717) is 19.0 Å². The van der Waals surface area contributed by atoms with Crippen molar-refractivity contribution in [2.75, 3.05) is 25.7 Å². The smallest absolute Gasteiger partial charge is 0.238 e. The summed E-state index contributed by atoms with van der Waals surface area (Å²) in [4.78, 5) is 14.5. The molecule has 0 fully saturated rings. The van der Waals surface area contributed by atoms with Crippen molar-refractivity contribution in [3.05, 3.63) is 53.1 Å². The molecule has 0 saturated heterocycles. The third-order valence-corrected chi connectivity index (χ3v) is 4.49. The second-order valence-electron chi connectivity index (χ2n) is 7.10. The number of rotatable bonds is 6. The summed E-state index contributed by atoms with van der Waals surface area (Å²) in [5.74, 6) is 1.89. The molecule has 0 aromatic heterocycles. The van der Waals surface area contributed by atoms with Crippen molar-refractivity contribution in [2.45, 2.75) is 33.2 Å². The van der Waals surface area contributed by atoms with Gasteiger partial charge in [0.05, 0.1) is 6.54 Å². The maximum Gasteiger partial charge on any atom is 0.238 e. The molecular weight excluding hydrogens is 328 g/mol. The number of amides is 1. The van der Waals surface area contributed by atoms with Gasteiger partial charge in [0.1, 0.15) is 0 Å². The minimum absolute atomic E-state index is 0.00977. The van der Waals surface area contributed by atoms with Gasteiger partial charge in [0.25, 0.3) is 0 Å². The largest absolute Gasteiger partial charge is 0.454 e. The lowest BCUT2D eigenvalue weighted by molar-refractivity contribution is -0.117. The normalized spacial score (nSPS) is 12.7. The molecule has 5 heteroatoms. The summed E-state index contributed by atoms with van der Waals surface area (Å²) in [7, 11) is 1.94. The molecule has 1 heterocycles. The molecular formula is C21H26N2O3. The van der Waals surface area contributed by atoms with Gasteiger partial charge in [-0.15, -0.1) is 0 Å². The van der Waals surface area contributed by atoms with Gasteiger partial charge < -0.3 is 14.8 Å². The number of hydrogen-bond acceptors (Lipinski definition) is 4. The van der Waals surface area contributed by atoms with E-state index in [0.717, 1.165) is 33.9 Å². The molecule has 3 rings (SSSR count). The quantitative estimate of drug-likeness (QED) is 0.854. The molecule has 0 saturated carbocycles. The van der Waals surface area contributed by atoms with E-state index in [1.807, 2.05) is 49.2 Å². The van der Waals surface area contributed by atoms with Gasteiger partial charge in [0.15, 0.2) is 11.5 Å². The van der Waals surface area contributed by atoms with E-state index >= 15 is 0 Å². The van der Waals surface area contributed by atoms with E-state index in [1.54, 1.807) is 0 Å². The molecule has 26 heavy (non-hydrogen) atoms. The number of anilines is 1. The predicted molar refractivity (Wildman–Crippen MR) is 103 cm³/mol. The molecule has 5 nitrogen and oxygen atoms in total. The van der Waals surface area contributed by atoms with Crippen molar-refractivity contribution in [1.82, 2.24) is 4.90 Å². The molecule has 138 valence electrons. The fourth-order valence-corrected chi connectivity index (χ4v) is 3.17. The van der Waals surface area contributed by atoms with Crippen molar-refractivity contribution in [1.29, 1.82) is 0 Å². The average molecular weight is 354 g/mol. The molecule has 0 aliphatic carbocycles. The lowest BCUT2D eigenvalue weighted by Crippen LogP contribution is -2.30. The summed E-state index contributed by atoms with van der Waals surface area (Å²) in [6.45, 7) is 7.55. The van der Waals surface area contributed by atoms with E-state index in [-0.39, 0.29) is 12.7 Å².